The predicted octanol–water partition coefficient (Wildman–Crippen LogP) is 41.0. The second-order valence-electron chi connectivity index (χ2n) is 40.6. The molecule has 0 radical (unpaired) electrons. The van der Waals surface area contributed by atoms with Gasteiger partial charge in [-0.15, -0.1) is 0 Å². The second-order valence-corrected chi connectivity index (χ2v) is 40.6. The molecule has 4 heteroatoms. The number of esters is 2. The molecule has 1 aromatic carbocycles. The van der Waals surface area contributed by atoms with Crippen LogP contribution in [-0.4, -0.2) is 25.2 Å². The van der Waals surface area contributed by atoms with Crippen LogP contribution in [0.3, 0.4) is 0 Å². The number of hydrogen-bond acceptors (Lipinski definition) is 4. The van der Waals surface area contributed by atoms with E-state index in [-0.39, 0.29) is 17.4 Å². The zero-order valence-corrected chi connectivity index (χ0v) is 82.7. The molecule has 1 rings (SSSR count). The predicted molar refractivity (Wildman–Crippen MR) is 529 cm³/mol. The molecule has 0 saturated heterocycles. The summed E-state index contributed by atoms with van der Waals surface area (Å²) >= 11 is 0. The van der Waals surface area contributed by atoms with Crippen LogP contribution in [-0.2, 0) is 14.9 Å². The summed E-state index contributed by atoms with van der Waals surface area (Å²) < 4.78 is 12.2. The maximum atomic E-state index is 14.3. The van der Waals surface area contributed by atoms with E-state index < -0.39 is 0 Å². The first kappa shape index (κ1) is 114. The lowest BCUT2D eigenvalue weighted by Crippen LogP contribution is -2.23. The van der Waals surface area contributed by atoms with Crippen LogP contribution in [0.15, 0.2) is 18.2 Å². The Bertz CT molecular complexity index is 2140. The van der Waals surface area contributed by atoms with Crippen molar-refractivity contribution in [3.05, 3.63) is 34.9 Å². The van der Waals surface area contributed by atoms with Gasteiger partial charge in [0.2, 0.25) is 0 Å². The molecule has 1 aromatic rings. The van der Waals surface area contributed by atoms with Crippen molar-refractivity contribution in [2.45, 2.75) is 646 Å². The Morgan fingerprint density at radius 1 is 0.212 bits per heavy atom. The summed E-state index contributed by atoms with van der Waals surface area (Å²) in [6.07, 6.45) is 126. The molecule has 4 unspecified atom stereocenters. The molecular formula is C114H218O4. The van der Waals surface area contributed by atoms with E-state index in [9.17, 15) is 9.59 Å². The number of ether oxygens (including phenoxy) is 2. The molecule has 0 N–H and O–H groups in total. The molecule has 698 valence electrons. The third-order valence-corrected chi connectivity index (χ3v) is 28.0. The number of rotatable bonds is 98. The van der Waals surface area contributed by atoms with Gasteiger partial charge in [-0.05, 0) is 53.6 Å². The fraction of sp³-hybridized carbons (Fsp3) is 0.930. The number of hydrogen-bond donors (Lipinski definition) is 0. The van der Waals surface area contributed by atoms with Gasteiger partial charge in [-0.25, -0.2) is 9.59 Å². The van der Waals surface area contributed by atoms with Crippen LogP contribution in [0.25, 0.3) is 0 Å². The van der Waals surface area contributed by atoms with E-state index in [1.165, 1.54) is 552 Å². The maximum absolute atomic E-state index is 14.3. The lowest BCUT2D eigenvalue weighted by molar-refractivity contribution is 0.0448. The molecule has 0 saturated carbocycles. The molecule has 4 atom stereocenters. The van der Waals surface area contributed by atoms with Gasteiger partial charge in [0.1, 0.15) is 0 Å². The van der Waals surface area contributed by atoms with Gasteiger partial charge in [-0.3, -0.25) is 0 Å². The van der Waals surface area contributed by atoms with E-state index in [1.807, 2.05) is 12.1 Å². The molecule has 0 aromatic heterocycles. The van der Waals surface area contributed by atoms with Crippen molar-refractivity contribution in [1.29, 1.82) is 0 Å². The van der Waals surface area contributed by atoms with Gasteiger partial charge in [0.25, 0.3) is 0 Å². The smallest absolute Gasteiger partial charge is 0.339 e. The van der Waals surface area contributed by atoms with Crippen molar-refractivity contribution >= 4 is 11.9 Å². The highest BCUT2D eigenvalue weighted by molar-refractivity contribution is 6.04. The number of carbonyl (C=O) groups excluding carboxylic acids is 2. The monoisotopic (exact) mass is 1650 g/mol. The van der Waals surface area contributed by atoms with Crippen molar-refractivity contribution in [1.82, 2.24) is 0 Å². The summed E-state index contributed by atoms with van der Waals surface area (Å²) in [6.45, 7) is 21.2. The van der Waals surface area contributed by atoms with Gasteiger partial charge in [0.15, 0.2) is 0 Å². The maximum Gasteiger partial charge on any atom is 0.339 e. The second kappa shape index (κ2) is 91.4. The number of carbonyl (C=O) groups is 2. The fourth-order valence-electron chi connectivity index (χ4n) is 19.9. The van der Waals surface area contributed by atoms with E-state index in [0.717, 1.165) is 54.9 Å². The van der Waals surface area contributed by atoms with Crippen LogP contribution in [0.2, 0.25) is 0 Å². The zero-order chi connectivity index (χ0) is 85.3. The lowest BCUT2D eigenvalue weighted by Gasteiger charge is -2.23. The highest BCUT2D eigenvalue weighted by Gasteiger charge is 2.29. The molecule has 0 aliphatic heterocycles. The van der Waals surface area contributed by atoms with Crippen molar-refractivity contribution in [3.8, 4) is 0 Å². The first-order valence-corrected chi connectivity index (χ1v) is 55.5. The van der Waals surface area contributed by atoms with Crippen LogP contribution in [0.4, 0.5) is 0 Å². The van der Waals surface area contributed by atoms with Gasteiger partial charge in [0.05, 0.1) is 24.3 Å². The minimum Gasteiger partial charge on any atom is -0.462 e. The summed E-state index contributed by atoms with van der Waals surface area (Å²) in [4.78, 5) is 28.4. The van der Waals surface area contributed by atoms with E-state index in [0.29, 0.717) is 24.3 Å². The summed E-state index contributed by atoms with van der Waals surface area (Å²) in [5, 5.41) is 0. The first-order valence-electron chi connectivity index (χ1n) is 55.5. The minimum atomic E-state index is -0.384. The Kier molecular flexibility index (Phi) is 88.4. The summed E-state index contributed by atoms with van der Waals surface area (Å²) in [6, 6.07) is 5.74. The van der Waals surface area contributed by atoms with Gasteiger partial charge < -0.3 is 9.47 Å². The van der Waals surface area contributed by atoms with Gasteiger partial charge >= 0.3 is 11.9 Å². The molecule has 118 heavy (non-hydrogen) atoms. The average Bonchev–Trinajstić information content (AvgIpc) is 0.789. The highest BCUT2D eigenvalue weighted by Crippen LogP contribution is 2.34. The van der Waals surface area contributed by atoms with Crippen molar-refractivity contribution in [2.24, 2.45) is 23.7 Å². The van der Waals surface area contributed by atoms with Gasteiger partial charge in [-0.2, -0.15) is 0 Å². The average molecular weight is 1650 g/mol. The Morgan fingerprint density at radius 2 is 0.364 bits per heavy atom. The van der Waals surface area contributed by atoms with Gasteiger partial charge in [-0.1, -0.05) is 639 Å². The van der Waals surface area contributed by atoms with Crippen molar-refractivity contribution in [2.75, 3.05) is 13.2 Å². The van der Waals surface area contributed by atoms with E-state index in [2.05, 4.69) is 62.3 Å². The van der Waals surface area contributed by atoms with Crippen molar-refractivity contribution < 1.29 is 19.1 Å². The van der Waals surface area contributed by atoms with Crippen LogP contribution in [0, 0.1) is 23.7 Å². The lowest BCUT2D eigenvalue weighted by atomic mass is 9.82. The molecule has 0 aliphatic rings. The summed E-state index contributed by atoms with van der Waals surface area (Å²) in [5.41, 5.74) is 1.30. The third-order valence-electron chi connectivity index (χ3n) is 28.0. The molecule has 0 amide bonds. The van der Waals surface area contributed by atoms with Crippen molar-refractivity contribution in [3.63, 3.8) is 0 Å². The van der Waals surface area contributed by atoms with E-state index in [4.69, 9.17) is 9.47 Å². The topological polar surface area (TPSA) is 52.6 Å². The quantitative estimate of drug-likeness (QED) is 0.0482. The molecule has 0 fully saturated rings. The zero-order valence-electron chi connectivity index (χ0n) is 82.7. The van der Waals surface area contributed by atoms with Gasteiger partial charge in [0, 0.05) is 0 Å². The largest absolute Gasteiger partial charge is 0.462 e. The molecule has 4 nitrogen and oxygen atoms in total. The standard InChI is InChI=1S/C114H218O4/c1-10-16-22-28-34-36-38-40-42-44-46-48-50-52-54-56-58-60-62-64-70-78-93-105(89-74-66-30-24-18-12-3)97-82-84-99-107(91-76-68-32-26-20-14-5)95-80-72-86-103-117-112(115)109-101-88-102-110(114(7,8)9)111(109)113(116)118-104-87-73-81-96-108(92-77-69-33-27-21-15-6)100-85-83-98-106(90-75-67-31-25-19-13-4)94-79-71-65-63-61-59-57-55-53-51-49-47-45-43-41-39-37-35-29-23-17-11-2/h88,101-102,105-108H,10-87,89-100,103-104H2,1-9H3. The summed E-state index contributed by atoms with van der Waals surface area (Å²) in [5.74, 6) is 2.72. The molecule has 0 spiro atoms. The molecule has 0 aliphatic carbocycles. The highest BCUT2D eigenvalue weighted by atomic mass is 16.5. The molecular weight excluding hydrogens is 1430 g/mol. The van der Waals surface area contributed by atoms with Crippen LogP contribution < -0.4 is 0 Å². The Balaban J connectivity index is 2.69. The van der Waals surface area contributed by atoms with Crippen LogP contribution in [0.1, 0.15) is 666 Å². The number of benzene rings is 1. The van der Waals surface area contributed by atoms with E-state index in [1.54, 1.807) is 6.07 Å². The molecule has 0 heterocycles. The minimum absolute atomic E-state index is 0.333. The van der Waals surface area contributed by atoms with E-state index >= 15 is 0 Å². The first-order chi connectivity index (χ1) is 58.1. The normalized spacial score (nSPS) is 13.0. The van der Waals surface area contributed by atoms with Crippen LogP contribution in [0.5, 0.6) is 0 Å². The summed E-state index contributed by atoms with van der Waals surface area (Å²) in [7, 11) is 0. The Labute approximate surface area is 743 Å². The fourth-order valence-corrected chi connectivity index (χ4v) is 19.9. The third kappa shape index (κ3) is 76.6. The molecule has 0 bridgehead atoms. The van der Waals surface area contributed by atoms with Crippen LogP contribution >= 0.6 is 0 Å². The Morgan fingerprint density at radius 3 is 0.542 bits per heavy atom. The Hall–Kier alpha value is -1.84. The SMILES string of the molecule is CCCCCCCCCCCCCCCCCCCCCCCCC(CCCCCCCC)CCCCC(CCCCCCCC)CCCCCOC(=O)c1cccc(C(C)(C)C)c1C(=O)OCCCCCC(CCCCCCCC)CCCCC(CCCCCCCC)CCCCCCCCCCCCCCCCCCCCCCCC. The number of unbranched alkanes of at least 4 members (excludes halogenated alkanes) is 68.